The minimum atomic E-state index is -1.08. The second-order valence-electron chi connectivity index (χ2n) is 4.91. The van der Waals surface area contributed by atoms with Crippen LogP contribution in [-0.4, -0.2) is 45.6 Å². The summed E-state index contributed by atoms with van der Waals surface area (Å²) in [5.74, 6) is -1.20. The molecule has 6 nitrogen and oxygen atoms in total. The SMILES string of the molecule is CN(C)/C=C1\CCCc2c(C(=O)O)nn(C)c2C1=O. The number of carbonyl (C=O) groups excluding carboxylic acids is 1. The van der Waals surface area contributed by atoms with E-state index in [4.69, 9.17) is 5.11 Å². The van der Waals surface area contributed by atoms with Gasteiger partial charge < -0.3 is 10.0 Å². The summed E-state index contributed by atoms with van der Waals surface area (Å²) in [6.07, 6.45) is 3.78. The first-order valence-electron chi connectivity index (χ1n) is 6.12. The molecule has 1 heterocycles. The van der Waals surface area contributed by atoms with E-state index in [-0.39, 0.29) is 11.5 Å². The summed E-state index contributed by atoms with van der Waals surface area (Å²) < 4.78 is 1.38. The van der Waals surface area contributed by atoms with E-state index in [1.807, 2.05) is 19.0 Å². The monoisotopic (exact) mass is 263 g/mol. The molecule has 0 saturated carbocycles. The van der Waals surface area contributed by atoms with Crippen LogP contribution < -0.4 is 0 Å². The molecule has 0 saturated heterocycles. The molecule has 0 spiro atoms. The van der Waals surface area contributed by atoms with Crippen molar-refractivity contribution in [1.29, 1.82) is 0 Å². The number of ketones is 1. The summed E-state index contributed by atoms with van der Waals surface area (Å²) in [4.78, 5) is 25.5. The lowest BCUT2D eigenvalue weighted by Crippen LogP contribution is -2.13. The number of allylic oxidation sites excluding steroid dienone is 1. The Morgan fingerprint density at radius 1 is 1.42 bits per heavy atom. The van der Waals surface area contributed by atoms with E-state index >= 15 is 0 Å². The van der Waals surface area contributed by atoms with E-state index in [0.29, 0.717) is 29.7 Å². The standard InChI is InChI=1S/C13H17N3O3/c1-15(2)7-8-5-4-6-9-10(13(18)19)14-16(3)11(9)12(8)17/h7H,4-6H2,1-3H3,(H,18,19)/b8-7+. The van der Waals surface area contributed by atoms with E-state index in [1.54, 1.807) is 13.2 Å². The Morgan fingerprint density at radius 2 is 2.11 bits per heavy atom. The van der Waals surface area contributed by atoms with Crippen LogP contribution in [0.5, 0.6) is 0 Å². The van der Waals surface area contributed by atoms with Gasteiger partial charge >= 0.3 is 5.97 Å². The Morgan fingerprint density at radius 3 is 2.68 bits per heavy atom. The van der Waals surface area contributed by atoms with Gasteiger partial charge in [-0.15, -0.1) is 0 Å². The predicted molar refractivity (Wildman–Crippen MR) is 69.2 cm³/mol. The molecule has 0 aromatic carbocycles. The first-order valence-corrected chi connectivity index (χ1v) is 6.12. The third kappa shape index (κ3) is 2.38. The zero-order valence-corrected chi connectivity index (χ0v) is 11.3. The fourth-order valence-electron chi connectivity index (χ4n) is 2.42. The number of carboxylic acids is 1. The number of aromatic carboxylic acids is 1. The highest BCUT2D eigenvalue weighted by molar-refractivity contribution is 6.10. The van der Waals surface area contributed by atoms with Crippen molar-refractivity contribution in [2.45, 2.75) is 19.3 Å². The highest BCUT2D eigenvalue weighted by Crippen LogP contribution is 2.26. The molecule has 0 bridgehead atoms. The van der Waals surface area contributed by atoms with Gasteiger partial charge in [-0.25, -0.2) is 4.79 Å². The van der Waals surface area contributed by atoms with E-state index in [9.17, 15) is 9.59 Å². The van der Waals surface area contributed by atoms with Gasteiger partial charge in [0.15, 0.2) is 5.69 Å². The quantitative estimate of drug-likeness (QED) is 0.638. The summed E-state index contributed by atoms with van der Waals surface area (Å²) in [5, 5.41) is 13.1. The Labute approximate surface area is 111 Å². The first kappa shape index (κ1) is 13.3. The molecule has 0 fully saturated rings. The lowest BCUT2D eigenvalue weighted by atomic mass is 10.1. The fourth-order valence-corrected chi connectivity index (χ4v) is 2.42. The molecule has 1 aromatic heterocycles. The van der Waals surface area contributed by atoms with E-state index in [1.165, 1.54) is 4.68 Å². The zero-order chi connectivity index (χ0) is 14.2. The van der Waals surface area contributed by atoms with Gasteiger partial charge in [0, 0.05) is 38.5 Å². The van der Waals surface area contributed by atoms with E-state index in [0.717, 1.165) is 6.42 Å². The van der Waals surface area contributed by atoms with Crippen molar-refractivity contribution < 1.29 is 14.7 Å². The van der Waals surface area contributed by atoms with Crippen LogP contribution in [0.3, 0.4) is 0 Å². The largest absolute Gasteiger partial charge is 0.476 e. The number of nitrogens with zero attached hydrogens (tertiary/aromatic N) is 3. The molecule has 1 N–H and O–H groups in total. The summed E-state index contributed by atoms with van der Waals surface area (Å²) in [6.45, 7) is 0. The van der Waals surface area contributed by atoms with Crippen LogP contribution in [-0.2, 0) is 13.5 Å². The number of aryl methyl sites for hydroxylation is 1. The van der Waals surface area contributed by atoms with Crippen molar-refractivity contribution in [2.24, 2.45) is 7.05 Å². The van der Waals surface area contributed by atoms with Crippen LogP contribution in [0, 0.1) is 0 Å². The fraction of sp³-hybridized carbons (Fsp3) is 0.462. The molecule has 0 unspecified atom stereocenters. The molecule has 0 atom stereocenters. The molecular weight excluding hydrogens is 246 g/mol. The molecule has 0 amide bonds. The van der Waals surface area contributed by atoms with Crippen LogP contribution in [0.4, 0.5) is 0 Å². The normalized spacial score (nSPS) is 17.2. The van der Waals surface area contributed by atoms with Crippen molar-refractivity contribution in [1.82, 2.24) is 14.7 Å². The summed E-state index contributed by atoms with van der Waals surface area (Å²) in [6, 6.07) is 0. The summed E-state index contributed by atoms with van der Waals surface area (Å²) in [7, 11) is 5.33. The molecule has 0 aliphatic heterocycles. The van der Waals surface area contributed by atoms with E-state index in [2.05, 4.69) is 5.10 Å². The molecular formula is C13H17N3O3. The molecule has 2 rings (SSSR count). The van der Waals surface area contributed by atoms with Gasteiger partial charge in [-0.3, -0.25) is 9.48 Å². The Bertz CT molecular complexity index is 570. The lowest BCUT2D eigenvalue weighted by molar-refractivity contribution is 0.0688. The average Bonchev–Trinajstić information content (AvgIpc) is 2.55. The number of aromatic nitrogens is 2. The topological polar surface area (TPSA) is 75.4 Å². The molecule has 6 heteroatoms. The number of carbonyl (C=O) groups is 2. The smallest absolute Gasteiger partial charge is 0.356 e. The maximum absolute atomic E-state index is 12.5. The number of rotatable bonds is 2. The van der Waals surface area contributed by atoms with E-state index < -0.39 is 5.97 Å². The maximum Gasteiger partial charge on any atom is 0.356 e. The molecule has 19 heavy (non-hydrogen) atoms. The van der Waals surface area contributed by atoms with Crippen LogP contribution in [0.25, 0.3) is 0 Å². The van der Waals surface area contributed by atoms with Crippen molar-refractivity contribution in [3.05, 3.63) is 28.7 Å². The predicted octanol–water partition coefficient (Wildman–Crippen LogP) is 1.08. The second-order valence-corrected chi connectivity index (χ2v) is 4.91. The van der Waals surface area contributed by atoms with Crippen molar-refractivity contribution in [3.8, 4) is 0 Å². The average molecular weight is 263 g/mol. The van der Waals surface area contributed by atoms with Crippen molar-refractivity contribution in [3.63, 3.8) is 0 Å². The second kappa shape index (κ2) is 4.87. The van der Waals surface area contributed by atoms with Gasteiger partial charge in [0.1, 0.15) is 5.69 Å². The molecule has 0 radical (unpaired) electrons. The van der Waals surface area contributed by atoms with Gasteiger partial charge in [-0.1, -0.05) is 0 Å². The minimum absolute atomic E-state index is 0.00282. The van der Waals surface area contributed by atoms with Gasteiger partial charge in [0.2, 0.25) is 5.78 Å². The summed E-state index contributed by atoms with van der Waals surface area (Å²) in [5.41, 5.74) is 1.66. The Kier molecular flexibility index (Phi) is 3.42. The third-order valence-electron chi connectivity index (χ3n) is 3.14. The number of fused-ring (bicyclic) bond motifs is 1. The van der Waals surface area contributed by atoms with Crippen LogP contribution in [0.1, 0.15) is 39.4 Å². The first-order chi connectivity index (χ1) is 8.91. The van der Waals surface area contributed by atoms with Gasteiger partial charge in [0.05, 0.1) is 0 Å². The van der Waals surface area contributed by atoms with Crippen LogP contribution in [0.15, 0.2) is 11.8 Å². The minimum Gasteiger partial charge on any atom is -0.476 e. The zero-order valence-electron chi connectivity index (χ0n) is 11.3. The Hall–Kier alpha value is -2.11. The molecule has 102 valence electrons. The van der Waals surface area contributed by atoms with Crippen molar-refractivity contribution >= 4 is 11.8 Å². The lowest BCUT2D eigenvalue weighted by Gasteiger charge is -2.09. The van der Waals surface area contributed by atoms with Crippen molar-refractivity contribution in [2.75, 3.05) is 14.1 Å². The molecule has 1 aromatic rings. The molecule has 1 aliphatic rings. The maximum atomic E-state index is 12.5. The summed E-state index contributed by atoms with van der Waals surface area (Å²) >= 11 is 0. The number of hydrogen-bond donors (Lipinski definition) is 1. The third-order valence-corrected chi connectivity index (χ3v) is 3.14. The van der Waals surface area contributed by atoms with Gasteiger partial charge in [-0.05, 0) is 19.3 Å². The highest BCUT2D eigenvalue weighted by atomic mass is 16.4. The van der Waals surface area contributed by atoms with Gasteiger partial charge in [0.25, 0.3) is 0 Å². The number of Topliss-reactive ketones (excluding diaryl/α,β-unsaturated/α-hetero) is 1. The molecule has 1 aliphatic carbocycles. The highest BCUT2D eigenvalue weighted by Gasteiger charge is 2.29. The number of carboxylic acid groups (broad SMARTS) is 1. The van der Waals surface area contributed by atoms with Crippen LogP contribution >= 0.6 is 0 Å². The van der Waals surface area contributed by atoms with Crippen LogP contribution in [0.2, 0.25) is 0 Å². The Balaban J connectivity index is 2.55. The number of hydrogen-bond acceptors (Lipinski definition) is 4. The van der Waals surface area contributed by atoms with Gasteiger partial charge in [-0.2, -0.15) is 5.10 Å².